The third-order valence-corrected chi connectivity index (χ3v) is 3.50. The van der Waals surface area contributed by atoms with Crippen molar-refractivity contribution < 1.29 is 14.7 Å². The van der Waals surface area contributed by atoms with E-state index in [0.29, 0.717) is 16.7 Å². The van der Waals surface area contributed by atoms with Crippen molar-refractivity contribution in [1.29, 1.82) is 0 Å². The number of carbonyl (C=O) groups excluding carboxylic acids is 2. The zero-order chi connectivity index (χ0) is 16.1. The molecule has 0 fully saturated rings. The number of hydrogen-bond acceptors (Lipinski definition) is 4. The lowest BCUT2D eigenvalue weighted by atomic mass is 10.0. The first-order chi connectivity index (χ1) is 10.5. The Morgan fingerprint density at radius 3 is 1.59 bits per heavy atom. The van der Waals surface area contributed by atoms with Gasteiger partial charge in [-0.2, -0.15) is 0 Å². The van der Waals surface area contributed by atoms with E-state index in [0.717, 1.165) is 0 Å². The van der Waals surface area contributed by atoms with Crippen LogP contribution in [0.15, 0.2) is 48.5 Å². The number of phenols is 1. The molecule has 3 N–H and O–H groups in total. The first-order valence-electron chi connectivity index (χ1n) is 6.72. The second-order valence-corrected chi connectivity index (χ2v) is 5.27. The highest BCUT2D eigenvalue weighted by atomic mass is 32.1. The van der Waals surface area contributed by atoms with Gasteiger partial charge in [0.05, 0.1) is 0 Å². The molecule has 22 heavy (non-hydrogen) atoms. The molecule has 0 heterocycles. The number of phenolic OH excluding ortho intramolecular Hbond substituents is 1. The highest BCUT2D eigenvalue weighted by molar-refractivity contribution is 7.80. The molecule has 0 saturated heterocycles. The Morgan fingerprint density at radius 2 is 1.18 bits per heavy atom. The summed E-state index contributed by atoms with van der Waals surface area (Å²) in [5.74, 6) is -0.139. The summed E-state index contributed by atoms with van der Waals surface area (Å²) in [5, 5.41) is 9.18. The largest absolute Gasteiger partial charge is 0.508 e. The van der Waals surface area contributed by atoms with Gasteiger partial charge in [-0.15, -0.1) is 0 Å². The molecule has 112 valence electrons. The van der Waals surface area contributed by atoms with Crippen molar-refractivity contribution in [2.24, 2.45) is 5.73 Å². The normalized spacial score (nSPS) is 10.2. The van der Waals surface area contributed by atoms with Crippen LogP contribution in [0.4, 0.5) is 0 Å². The summed E-state index contributed by atoms with van der Waals surface area (Å²) in [6, 6.07) is 12.7. The Bertz CT molecular complexity index is 706. The third kappa shape index (κ3) is 3.99. The molecule has 2 aromatic rings. The number of ketones is 2. The fourth-order valence-corrected chi connectivity index (χ4v) is 2.12. The van der Waals surface area contributed by atoms with Crippen molar-refractivity contribution in [3.05, 3.63) is 65.2 Å². The molecule has 0 bridgehead atoms. The summed E-state index contributed by atoms with van der Waals surface area (Å²) in [7, 11) is 0. The molecule has 0 spiro atoms. The van der Waals surface area contributed by atoms with Crippen molar-refractivity contribution >= 4 is 28.8 Å². The zero-order valence-corrected chi connectivity index (χ0v) is 12.6. The molecule has 0 aliphatic heterocycles. The third-order valence-electron chi connectivity index (χ3n) is 3.26. The molecule has 0 unspecified atom stereocenters. The highest BCUT2D eigenvalue weighted by Gasteiger charge is 2.11. The van der Waals surface area contributed by atoms with Gasteiger partial charge in [0, 0.05) is 29.5 Å². The van der Waals surface area contributed by atoms with Crippen LogP contribution in [-0.2, 0) is 0 Å². The predicted molar refractivity (Wildman–Crippen MR) is 88.3 cm³/mol. The molecule has 2 aromatic carbocycles. The monoisotopic (exact) mass is 313 g/mol. The summed E-state index contributed by atoms with van der Waals surface area (Å²) in [5.41, 5.74) is 7.21. The fourth-order valence-electron chi connectivity index (χ4n) is 1.98. The molecular weight excluding hydrogens is 298 g/mol. The van der Waals surface area contributed by atoms with Crippen LogP contribution in [0.25, 0.3) is 0 Å². The number of hydrogen-bond donors (Lipinski definition) is 2. The second kappa shape index (κ2) is 6.95. The van der Waals surface area contributed by atoms with E-state index < -0.39 is 0 Å². The summed E-state index contributed by atoms with van der Waals surface area (Å²) in [4.78, 5) is 24.3. The summed E-state index contributed by atoms with van der Waals surface area (Å²) in [6.45, 7) is 0. The second-order valence-electron chi connectivity index (χ2n) is 4.83. The molecule has 4 nitrogen and oxygen atoms in total. The van der Waals surface area contributed by atoms with Gasteiger partial charge in [-0.3, -0.25) is 9.59 Å². The maximum atomic E-state index is 12.1. The number of carbonyl (C=O) groups is 2. The lowest BCUT2D eigenvalue weighted by Crippen LogP contribution is -2.10. The van der Waals surface area contributed by atoms with E-state index in [-0.39, 0.29) is 35.1 Å². The molecule has 0 atom stereocenters. The number of benzene rings is 2. The highest BCUT2D eigenvalue weighted by Crippen LogP contribution is 2.14. The van der Waals surface area contributed by atoms with Gasteiger partial charge in [0.15, 0.2) is 11.6 Å². The minimum absolute atomic E-state index is 0.102. The van der Waals surface area contributed by atoms with Crippen molar-refractivity contribution in [2.45, 2.75) is 12.8 Å². The molecule has 0 aromatic heterocycles. The van der Waals surface area contributed by atoms with E-state index in [1.807, 2.05) is 0 Å². The van der Waals surface area contributed by atoms with Gasteiger partial charge in [-0.25, -0.2) is 0 Å². The zero-order valence-electron chi connectivity index (χ0n) is 11.8. The van der Waals surface area contributed by atoms with E-state index in [1.165, 1.54) is 12.1 Å². The van der Waals surface area contributed by atoms with Crippen molar-refractivity contribution in [3.8, 4) is 5.75 Å². The molecule has 2 rings (SSSR count). The van der Waals surface area contributed by atoms with Gasteiger partial charge in [0.25, 0.3) is 0 Å². The fraction of sp³-hybridized carbons (Fsp3) is 0.118. The summed E-state index contributed by atoms with van der Waals surface area (Å²) >= 11 is 4.85. The number of aromatic hydroxyl groups is 1. The number of nitrogens with two attached hydrogens (primary N) is 1. The standard InChI is InChI=1S/C17H15NO3S/c18-17(22)13-3-1-11(2-4-13)15(20)9-10-16(21)12-5-7-14(19)8-6-12/h1-8,19H,9-10H2,(H2,18,22). The number of Topliss-reactive ketones (excluding diaryl/α,β-unsaturated/α-hetero) is 2. The molecule has 0 aliphatic carbocycles. The molecule has 0 amide bonds. The molecular formula is C17H15NO3S. The first kappa shape index (κ1) is 15.9. The van der Waals surface area contributed by atoms with Crippen LogP contribution in [0.2, 0.25) is 0 Å². The molecule has 0 radical (unpaired) electrons. The van der Waals surface area contributed by atoms with Crippen LogP contribution in [0.1, 0.15) is 39.1 Å². The summed E-state index contributed by atoms with van der Waals surface area (Å²) in [6.07, 6.45) is 0.257. The maximum absolute atomic E-state index is 12.1. The topological polar surface area (TPSA) is 80.4 Å². The van der Waals surface area contributed by atoms with Crippen molar-refractivity contribution in [3.63, 3.8) is 0 Å². The van der Waals surface area contributed by atoms with Crippen LogP contribution in [0, 0.1) is 0 Å². The van der Waals surface area contributed by atoms with E-state index in [2.05, 4.69) is 0 Å². The Balaban J connectivity index is 1.96. The Hall–Kier alpha value is -2.53. The van der Waals surface area contributed by atoms with E-state index in [9.17, 15) is 14.7 Å². The molecule has 0 aliphatic rings. The average Bonchev–Trinajstić information content (AvgIpc) is 2.53. The predicted octanol–water partition coefficient (Wildman–Crippen LogP) is 2.87. The number of thiocarbonyl (C=S) groups is 1. The van der Waals surface area contributed by atoms with Gasteiger partial charge < -0.3 is 10.8 Å². The molecule has 5 heteroatoms. The summed E-state index contributed by atoms with van der Waals surface area (Å²) < 4.78 is 0. The maximum Gasteiger partial charge on any atom is 0.163 e. The Kier molecular flexibility index (Phi) is 5.01. The van der Waals surface area contributed by atoms with Crippen LogP contribution in [-0.4, -0.2) is 21.7 Å². The smallest absolute Gasteiger partial charge is 0.163 e. The van der Waals surface area contributed by atoms with E-state index >= 15 is 0 Å². The SMILES string of the molecule is NC(=S)c1ccc(C(=O)CCC(=O)c2ccc(O)cc2)cc1. The number of rotatable bonds is 6. The van der Waals surface area contributed by atoms with E-state index in [4.69, 9.17) is 18.0 Å². The van der Waals surface area contributed by atoms with Gasteiger partial charge in [-0.05, 0) is 24.3 Å². The van der Waals surface area contributed by atoms with Crippen molar-refractivity contribution in [2.75, 3.05) is 0 Å². The average molecular weight is 313 g/mol. The first-order valence-corrected chi connectivity index (χ1v) is 7.13. The van der Waals surface area contributed by atoms with Crippen LogP contribution < -0.4 is 5.73 Å². The quantitative estimate of drug-likeness (QED) is 0.633. The lowest BCUT2D eigenvalue weighted by Gasteiger charge is -2.03. The Morgan fingerprint density at radius 1 is 0.818 bits per heavy atom. The van der Waals surface area contributed by atoms with Gasteiger partial charge in [0.2, 0.25) is 0 Å². The minimum atomic E-state index is -0.131. The van der Waals surface area contributed by atoms with Gasteiger partial charge >= 0.3 is 0 Å². The van der Waals surface area contributed by atoms with Crippen LogP contribution >= 0.6 is 12.2 Å². The molecule has 0 saturated carbocycles. The van der Waals surface area contributed by atoms with Gasteiger partial charge in [-0.1, -0.05) is 36.5 Å². The van der Waals surface area contributed by atoms with Crippen LogP contribution in [0.5, 0.6) is 5.75 Å². The van der Waals surface area contributed by atoms with Gasteiger partial charge in [0.1, 0.15) is 10.7 Å². The van der Waals surface area contributed by atoms with Crippen molar-refractivity contribution in [1.82, 2.24) is 0 Å². The minimum Gasteiger partial charge on any atom is -0.508 e. The van der Waals surface area contributed by atoms with E-state index in [1.54, 1.807) is 36.4 Å². The Labute approximate surface area is 133 Å². The van der Waals surface area contributed by atoms with Crippen LogP contribution in [0.3, 0.4) is 0 Å². The lowest BCUT2D eigenvalue weighted by molar-refractivity contribution is 0.0917.